The largest absolute Gasteiger partial charge is 0.480 e. The Morgan fingerprint density at radius 3 is 2.30 bits per heavy atom. The van der Waals surface area contributed by atoms with Gasteiger partial charge in [0, 0.05) is 5.41 Å². The van der Waals surface area contributed by atoms with E-state index in [9.17, 15) is 4.79 Å². The van der Waals surface area contributed by atoms with Crippen LogP contribution in [0.2, 0.25) is 0 Å². The molecule has 0 saturated heterocycles. The molecule has 1 unspecified atom stereocenters. The van der Waals surface area contributed by atoms with E-state index in [0.717, 1.165) is 12.8 Å². The molecule has 0 aromatic rings. The Kier molecular flexibility index (Phi) is 0.684. The third kappa shape index (κ3) is 0.367. The van der Waals surface area contributed by atoms with E-state index in [1.54, 1.807) is 0 Å². The minimum atomic E-state index is -0.979. The van der Waals surface area contributed by atoms with Gasteiger partial charge in [0.1, 0.15) is 0 Å². The van der Waals surface area contributed by atoms with Crippen LogP contribution in [0.15, 0.2) is 0 Å². The molecular formula is C7H7NO2. The summed E-state index contributed by atoms with van der Waals surface area (Å²) < 4.78 is 0. The summed E-state index contributed by atoms with van der Waals surface area (Å²) in [6.45, 7) is 0. The van der Waals surface area contributed by atoms with Crippen molar-refractivity contribution in [3.05, 3.63) is 0 Å². The molecule has 3 heteroatoms. The summed E-state index contributed by atoms with van der Waals surface area (Å²) in [7, 11) is 0. The topological polar surface area (TPSA) is 61.1 Å². The van der Waals surface area contributed by atoms with Crippen LogP contribution in [0.5, 0.6) is 0 Å². The Morgan fingerprint density at radius 1 is 1.60 bits per heavy atom. The molecule has 0 radical (unpaired) electrons. The van der Waals surface area contributed by atoms with Crippen molar-refractivity contribution >= 4 is 5.97 Å². The van der Waals surface area contributed by atoms with Crippen LogP contribution < -0.4 is 0 Å². The minimum absolute atomic E-state index is 0.0758. The third-order valence-electron chi connectivity index (χ3n) is 2.79. The van der Waals surface area contributed by atoms with Gasteiger partial charge in [-0.3, -0.25) is 4.79 Å². The van der Waals surface area contributed by atoms with Crippen molar-refractivity contribution in [3.63, 3.8) is 0 Å². The summed E-state index contributed by atoms with van der Waals surface area (Å²) in [5, 5.41) is 17.2. The first-order valence-electron chi connectivity index (χ1n) is 3.32. The van der Waals surface area contributed by atoms with Gasteiger partial charge < -0.3 is 5.11 Å². The first-order valence-corrected chi connectivity index (χ1v) is 3.32. The first-order chi connectivity index (χ1) is 4.67. The van der Waals surface area contributed by atoms with Gasteiger partial charge in [-0.25, -0.2) is 0 Å². The Balaban J connectivity index is 2.31. The molecule has 3 nitrogen and oxygen atoms in total. The number of rotatable bonds is 1. The lowest BCUT2D eigenvalue weighted by Gasteiger charge is -1.96. The van der Waals surface area contributed by atoms with E-state index in [-0.39, 0.29) is 5.41 Å². The van der Waals surface area contributed by atoms with Crippen LogP contribution in [0.4, 0.5) is 0 Å². The fraction of sp³-hybridized carbons (Fsp3) is 0.714. The van der Waals surface area contributed by atoms with Crippen LogP contribution in [0.3, 0.4) is 0 Å². The van der Waals surface area contributed by atoms with Gasteiger partial charge in [0.05, 0.1) is 6.07 Å². The molecule has 2 fully saturated rings. The quantitative estimate of drug-likeness (QED) is 0.580. The summed E-state index contributed by atoms with van der Waals surface area (Å²) in [5.74, 6) is -0.924. The molecule has 1 spiro atoms. The molecule has 2 aliphatic carbocycles. The van der Waals surface area contributed by atoms with Crippen molar-refractivity contribution in [2.75, 3.05) is 0 Å². The average Bonchev–Trinajstić information content (AvgIpc) is 2.74. The summed E-state index contributed by atoms with van der Waals surface area (Å²) in [5.41, 5.74) is -1.05. The van der Waals surface area contributed by atoms with E-state index in [4.69, 9.17) is 10.4 Å². The maximum atomic E-state index is 10.5. The van der Waals surface area contributed by atoms with Gasteiger partial charge in [0.25, 0.3) is 0 Å². The number of carboxylic acids is 1. The van der Waals surface area contributed by atoms with E-state index in [1.165, 1.54) is 0 Å². The molecule has 1 atom stereocenters. The second-order valence-electron chi connectivity index (χ2n) is 3.28. The molecule has 1 N–H and O–H groups in total. The van der Waals surface area contributed by atoms with Crippen molar-refractivity contribution in [2.24, 2.45) is 10.8 Å². The van der Waals surface area contributed by atoms with Gasteiger partial charge >= 0.3 is 5.97 Å². The zero-order valence-corrected chi connectivity index (χ0v) is 5.42. The van der Waals surface area contributed by atoms with Crippen LogP contribution in [-0.2, 0) is 4.79 Å². The molecule has 0 aliphatic heterocycles. The van der Waals surface area contributed by atoms with Gasteiger partial charge in [-0.05, 0) is 19.3 Å². The fourth-order valence-electron chi connectivity index (χ4n) is 1.73. The van der Waals surface area contributed by atoms with E-state index in [2.05, 4.69) is 0 Å². The fourth-order valence-corrected chi connectivity index (χ4v) is 1.73. The molecule has 0 aromatic heterocycles. The molecule has 0 amide bonds. The van der Waals surface area contributed by atoms with Crippen LogP contribution >= 0.6 is 0 Å². The zero-order chi connectivity index (χ0) is 7.41. The molecular weight excluding hydrogens is 130 g/mol. The molecule has 2 rings (SSSR count). The molecule has 0 heterocycles. The smallest absolute Gasteiger partial charge is 0.324 e. The van der Waals surface area contributed by atoms with Crippen molar-refractivity contribution < 1.29 is 9.90 Å². The van der Waals surface area contributed by atoms with E-state index >= 15 is 0 Å². The predicted molar refractivity (Wildman–Crippen MR) is 32.0 cm³/mol. The molecule has 10 heavy (non-hydrogen) atoms. The Hall–Kier alpha value is -1.04. The monoisotopic (exact) mass is 137 g/mol. The van der Waals surface area contributed by atoms with Crippen molar-refractivity contribution in [3.8, 4) is 6.07 Å². The Morgan fingerprint density at radius 2 is 2.20 bits per heavy atom. The SMILES string of the molecule is N#CC1(C(=O)O)CC12CC2. The van der Waals surface area contributed by atoms with Crippen LogP contribution in [0, 0.1) is 22.2 Å². The molecule has 52 valence electrons. The van der Waals surface area contributed by atoms with Gasteiger partial charge in [-0.1, -0.05) is 0 Å². The average molecular weight is 137 g/mol. The number of carboxylic acid groups (broad SMARTS) is 1. The second kappa shape index (κ2) is 1.20. The van der Waals surface area contributed by atoms with Crippen LogP contribution in [0.1, 0.15) is 19.3 Å². The van der Waals surface area contributed by atoms with Crippen molar-refractivity contribution in [1.29, 1.82) is 5.26 Å². The van der Waals surface area contributed by atoms with Crippen LogP contribution in [-0.4, -0.2) is 11.1 Å². The van der Waals surface area contributed by atoms with Gasteiger partial charge in [0.15, 0.2) is 5.41 Å². The number of nitrogens with zero attached hydrogens (tertiary/aromatic N) is 1. The second-order valence-corrected chi connectivity index (χ2v) is 3.28. The van der Waals surface area contributed by atoms with Crippen molar-refractivity contribution in [1.82, 2.24) is 0 Å². The van der Waals surface area contributed by atoms with Gasteiger partial charge in [-0.15, -0.1) is 0 Å². The Bertz CT molecular complexity index is 249. The molecule has 0 aromatic carbocycles. The van der Waals surface area contributed by atoms with Gasteiger partial charge in [-0.2, -0.15) is 5.26 Å². The summed E-state index contributed by atoms with van der Waals surface area (Å²) in [6.07, 6.45) is 2.46. The number of hydrogen-bond donors (Lipinski definition) is 1. The lowest BCUT2D eigenvalue weighted by Crippen LogP contribution is -2.15. The maximum Gasteiger partial charge on any atom is 0.324 e. The standard InChI is InChI=1S/C7H7NO2/c8-4-7(5(9)10)3-6(7)1-2-6/h1-3H2,(H,9,10). The highest BCUT2D eigenvalue weighted by Crippen LogP contribution is 2.78. The summed E-state index contributed by atoms with van der Waals surface area (Å²) >= 11 is 0. The number of hydrogen-bond acceptors (Lipinski definition) is 2. The molecule has 0 bridgehead atoms. The van der Waals surface area contributed by atoms with E-state index < -0.39 is 11.4 Å². The number of nitriles is 1. The van der Waals surface area contributed by atoms with E-state index in [1.807, 2.05) is 6.07 Å². The first kappa shape index (κ1) is 5.72. The summed E-state index contributed by atoms with van der Waals surface area (Å²) in [4.78, 5) is 10.5. The summed E-state index contributed by atoms with van der Waals surface area (Å²) in [6, 6.07) is 1.91. The lowest BCUT2D eigenvalue weighted by atomic mass is 10.1. The molecule has 2 aliphatic rings. The third-order valence-corrected chi connectivity index (χ3v) is 2.79. The maximum absolute atomic E-state index is 10.5. The Labute approximate surface area is 58.3 Å². The number of aliphatic carboxylic acids is 1. The van der Waals surface area contributed by atoms with Crippen molar-refractivity contribution in [2.45, 2.75) is 19.3 Å². The highest BCUT2D eigenvalue weighted by molar-refractivity contribution is 5.84. The lowest BCUT2D eigenvalue weighted by molar-refractivity contribution is -0.141. The van der Waals surface area contributed by atoms with E-state index in [0.29, 0.717) is 6.42 Å². The number of carbonyl (C=O) groups is 1. The highest BCUT2D eigenvalue weighted by Gasteiger charge is 2.79. The zero-order valence-electron chi connectivity index (χ0n) is 5.42. The molecule has 2 saturated carbocycles. The van der Waals surface area contributed by atoms with Crippen LogP contribution in [0.25, 0.3) is 0 Å². The minimum Gasteiger partial charge on any atom is -0.480 e. The predicted octanol–water partition coefficient (Wildman–Crippen LogP) is 0.765. The normalized spacial score (nSPS) is 38.7. The highest BCUT2D eigenvalue weighted by atomic mass is 16.4. The van der Waals surface area contributed by atoms with Gasteiger partial charge in [0.2, 0.25) is 0 Å².